The van der Waals surface area contributed by atoms with Crippen LogP contribution in [0.25, 0.3) is 0 Å². The van der Waals surface area contributed by atoms with Gasteiger partial charge in [-0.2, -0.15) is 0 Å². The van der Waals surface area contributed by atoms with Crippen LogP contribution in [0.3, 0.4) is 0 Å². The van der Waals surface area contributed by atoms with Gasteiger partial charge in [-0.1, -0.05) is 19.3 Å². The second kappa shape index (κ2) is 5.96. The number of aromatic nitrogens is 1. The van der Waals surface area contributed by atoms with Gasteiger partial charge in [0.1, 0.15) is 0 Å². The molecule has 0 aromatic carbocycles. The highest BCUT2D eigenvalue weighted by Crippen LogP contribution is 2.30. The van der Waals surface area contributed by atoms with E-state index in [1.165, 1.54) is 19.3 Å². The van der Waals surface area contributed by atoms with Gasteiger partial charge in [0.15, 0.2) is 0 Å². The van der Waals surface area contributed by atoms with E-state index >= 15 is 0 Å². The number of hydrogen-bond donors (Lipinski definition) is 2. The van der Waals surface area contributed by atoms with Crippen molar-refractivity contribution in [2.75, 3.05) is 12.4 Å². The maximum absolute atomic E-state index is 12.1. The van der Waals surface area contributed by atoms with E-state index in [0.717, 1.165) is 18.5 Å². The Hall–Kier alpha value is -1.42. The number of nitrogens with one attached hydrogen (secondary N) is 2. The van der Waals surface area contributed by atoms with Crippen LogP contribution in [0.5, 0.6) is 0 Å². The van der Waals surface area contributed by atoms with Gasteiger partial charge in [-0.3, -0.25) is 9.78 Å². The minimum absolute atomic E-state index is 0.00938. The van der Waals surface area contributed by atoms with E-state index in [1.807, 2.05) is 19.2 Å². The van der Waals surface area contributed by atoms with Gasteiger partial charge < -0.3 is 10.6 Å². The maximum Gasteiger partial charge on any atom is 0.226 e. The van der Waals surface area contributed by atoms with E-state index in [4.69, 9.17) is 0 Å². The van der Waals surface area contributed by atoms with E-state index in [-0.39, 0.29) is 11.4 Å². The lowest BCUT2D eigenvalue weighted by Crippen LogP contribution is -2.47. The highest BCUT2D eigenvalue weighted by Gasteiger charge is 2.32. The van der Waals surface area contributed by atoms with Gasteiger partial charge >= 0.3 is 0 Å². The molecule has 1 aliphatic carbocycles. The topological polar surface area (TPSA) is 54.0 Å². The van der Waals surface area contributed by atoms with Gasteiger partial charge in [0, 0.05) is 18.2 Å². The lowest BCUT2D eigenvalue weighted by atomic mass is 9.79. The van der Waals surface area contributed by atoms with E-state index < -0.39 is 0 Å². The fourth-order valence-corrected chi connectivity index (χ4v) is 2.69. The Labute approximate surface area is 108 Å². The third kappa shape index (κ3) is 3.29. The molecule has 1 fully saturated rings. The van der Waals surface area contributed by atoms with Gasteiger partial charge in [-0.15, -0.1) is 0 Å². The predicted molar refractivity (Wildman–Crippen MR) is 72.4 cm³/mol. The minimum atomic E-state index is -0.00938. The van der Waals surface area contributed by atoms with Crippen LogP contribution < -0.4 is 10.6 Å². The van der Waals surface area contributed by atoms with Crippen LogP contribution >= 0.6 is 0 Å². The number of nitrogens with zero attached hydrogens (tertiary/aromatic N) is 1. The highest BCUT2D eigenvalue weighted by molar-refractivity contribution is 5.91. The zero-order chi connectivity index (χ0) is 12.8. The van der Waals surface area contributed by atoms with Crippen molar-refractivity contribution in [2.24, 2.45) is 0 Å². The molecular weight excluding hydrogens is 226 g/mol. The van der Waals surface area contributed by atoms with Crippen LogP contribution in [0.4, 0.5) is 5.69 Å². The summed E-state index contributed by atoms with van der Waals surface area (Å²) in [5, 5.41) is 6.26. The molecule has 1 saturated carbocycles. The first-order chi connectivity index (χ1) is 8.74. The van der Waals surface area contributed by atoms with Crippen LogP contribution in [0.1, 0.15) is 38.5 Å². The SMILES string of the molecule is CNC1(CC(=O)Nc2cccnc2)CCCCC1. The summed E-state index contributed by atoms with van der Waals surface area (Å²) in [6.45, 7) is 0. The first-order valence-corrected chi connectivity index (χ1v) is 6.63. The molecular formula is C14H21N3O. The molecule has 0 radical (unpaired) electrons. The molecule has 0 saturated heterocycles. The van der Waals surface area contributed by atoms with E-state index in [1.54, 1.807) is 12.4 Å². The van der Waals surface area contributed by atoms with Crippen LogP contribution in [-0.4, -0.2) is 23.5 Å². The average molecular weight is 247 g/mol. The molecule has 18 heavy (non-hydrogen) atoms. The number of rotatable bonds is 4. The normalized spacial score (nSPS) is 18.3. The van der Waals surface area contributed by atoms with Gasteiger partial charge in [-0.25, -0.2) is 0 Å². The van der Waals surface area contributed by atoms with E-state index in [9.17, 15) is 4.79 Å². The van der Waals surface area contributed by atoms with Crippen LogP contribution in [0.15, 0.2) is 24.5 Å². The van der Waals surface area contributed by atoms with Crippen molar-refractivity contribution < 1.29 is 4.79 Å². The van der Waals surface area contributed by atoms with Gasteiger partial charge in [0.2, 0.25) is 5.91 Å². The van der Waals surface area contributed by atoms with Crippen LogP contribution in [-0.2, 0) is 4.79 Å². The Morgan fingerprint density at radius 1 is 1.39 bits per heavy atom. The minimum Gasteiger partial charge on any atom is -0.325 e. The number of amides is 1. The molecule has 0 unspecified atom stereocenters. The van der Waals surface area contributed by atoms with Crippen LogP contribution in [0.2, 0.25) is 0 Å². The fraction of sp³-hybridized carbons (Fsp3) is 0.571. The lowest BCUT2D eigenvalue weighted by molar-refractivity contribution is -0.117. The van der Waals surface area contributed by atoms with E-state index in [0.29, 0.717) is 6.42 Å². The zero-order valence-corrected chi connectivity index (χ0v) is 10.9. The number of carbonyl (C=O) groups is 1. The second-order valence-corrected chi connectivity index (χ2v) is 5.06. The Balaban J connectivity index is 1.93. The first-order valence-electron chi connectivity index (χ1n) is 6.63. The van der Waals surface area contributed by atoms with Crippen molar-refractivity contribution in [3.63, 3.8) is 0 Å². The standard InChI is InChI=1S/C14H21N3O/c1-15-14(7-3-2-4-8-14)10-13(18)17-12-6-5-9-16-11-12/h5-6,9,11,15H,2-4,7-8,10H2,1H3,(H,17,18). The predicted octanol–water partition coefficient (Wildman–Crippen LogP) is 2.33. The Morgan fingerprint density at radius 3 is 2.78 bits per heavy atom. The van der Waals surface area contributed by atoms with Crippen LogP contribution in [0, 0.1) is 0 Å². The Bertz CT molecular complexity index is 385. The van der Waals surface area contributed by atoms with Gasteiger partial charge in [0.05, 0.1) is 11.9 Å². The fourth-order valence-electron chi connectivity index (χ4n) is 2.69. The smallest absolute Gasteiger partial charge is 0.226 e. The number of pyridine rings is 1. The quantitative estimate of drug-likeness (QED) is 0.858. The molecule has 1 amide bonds. The summed E-state index contributed by atoms with van der Waals surface area (Å²) in [6, 6.07) is 3.68. The molecule has 1 aromatic rings. The number of carbonyl (C=O) groups excluding carboxylic acids is 1. The molecule has 0 spiro atoms. The molecule has 4 nitrogen and oxygen atoms in total. The molecule has 2 N–H and O–H groups in total. The van der Waals surface area contributed by atoms with Gasteiger partial charge in [0.25, 0.3) is 0 Å². The molecule has 1 heterocycles. The Morgan fingerprint density at radius 2 is 2.17 bits per heavy atom. The third-order valence-corrected chi connectivity index (χ3v) is 3.79. The number of hydrogen-bond acceptors (Lipinski definition) is 3. The summed E-state index contributed by atoms with van der Waals surface area (Å²) in [4.78, 5) is 16.1. The third-order valence-electron chi connectivity index (χ3n) is 3.79. The summed E-state index contributed by atoms with van der Waals surface area (Å²) in [5.41, 5.74) is 0.759. The molecule has 0 atom stereocenters. The summed E-state index contributed by atoms with van der Waals surface area (Å²) in [6.07, 6.45) is 9.79. The van der Waals surface area contributed by atoms with Gasteiger partial charge in [-0.05, 0) is 32.0 Å². The van der Waals surface area contributed by atoms with Crippen molar-refractivity contribution in [1.29, 1.82) is 0 Å². The molecule has 4 heteroatoms. The van der Waals surface area contributed by atoms with Crippen molar-refractivity contribution in [2.45, 2.75) is 44.1 Å². The monoisotopic (exact) mass is 247 g/mol. The summed E-state index contributed by atoms with van der Waals surface area (Å²) in [5.74, 6) is 0.0688. The van der Waals surface area contributed by atoms with E-state index in [2.05, 4.69) is 15.6 Å². The Kier molecular flexibility index (Phi) is 4.31. The molecule has 1 aliphatic rings. The van der Waals surface area contributed by atoms with Crippen molar-refractivity contribution in [3.05, 3.63) is 24.5 Å². The molecule has 1 aromatic heterocycles. The molecule has 98 valence electrons. The largest absolute Gasteiger partial charge is 0.325 e. The molecule has 0 aliphatic heterocycles. The first kappa shape index (κ1) is 13.0. The summed E-state index contributed by atoms with van der Waals surface area (Å²) in [7, 11) is 1.96. The highest BCUT2D eigenvalue weighted by atomic mass is 16.1. The summed E-state index contributed by atoms with van der Waals surface area (Å²) < 4.78 is 0. The second-order valence-electron chi connectivity index (χ2n) is 5.06. The molecule has 0 bridgehead atoms. The maximum atomic E-state index is 12.1. The zero-order valence-electron chi connectivity index (χ0n) is 10.9. The number of anilines is 1. The lowest BCUT2D eigenvalue weighted by Gasteiger charge is -2.36. The summed E-state index contributed by atoms with van der Waals surface area (Å²) >= 11 is 0. The van der Waals surface area contributed by atoms with Crippen molar-refractivity contribution >= 4 is 11.6 Å². The molecule has 2 rings (SSSR count). The van der Waals surface area contributed by atoms with Crippen molar-refractivity contribution in [1.82, 2.24) is 10.3 Å². The average Bonchev–Trinajstić information content (AvgIpc) is 2.41. The van der Waals surface area contributed by atoms with Crippen molar-refractivity contribution in [3.8, 4) is 0 Å².